The molecule has 174 valence electrons. The maximum absolute atomic E-state index is 11.9. The minimum Gasteiger partial charge on any atom is -0.461 e. The number of non-ortho nitro benzene ring substituents is 2. The summed E-state index contributed by atoms with van der Waals surface area (Å²) in [6.07, 6.45) is 16.2. The van der Waals surface area contributed by atoms with Gasteiger partial charge in [-0.1, -0.05) is 84.0 Å². The average molecular weight is 437 g/mol. The Labute approximate surface area is 184 Å². The van der Waals surface area contributed by atoms with Crippen LogP contribution in [0, 0.1) is 20.2 Å². The fourth-order valence-electron chi connectivity index (χ4n) is 3.47. The van der Waals surface area contributed by atoms with Crippen molar-refractivity contribution < 1.29 is 19.4 Å². The minimum atomic E-state index is -0.702. The molecule has 0 fully saturated rings. The fraction of sp³-hybridized carbons (Fsp3) is 0.696. The van der Waals surface area contributed by atoms with E-state index in [1.54, 1.807) is 0 Å². The molecule has 1 rings (SSSR count). The molecule has 31 heavy (non-hydrogen) atoms. The maximum atomic E-state index is 11.9. The average Bonchev–Trinajstić information content (AvgIpc) is 2.75. The van der Waals surface area contributed by atoms with Gasteiger partial charge in [-0.2, -0.15) is 0 Å². The summed E-state index contributed by atoms with van der Waals surface area (Å²) in [5.41, 5.74) is -0.548. The van der Waals surface area contributed by atoms with Gasteiger partial charge < -0.3 is 4.74 Å². The normalized spacial score (nSPS) is 10.7. The van der Waals surface area contributed by atoms with Crippen molar-refractivity contribution in [2.75, 3.05) is 0 Å². The topological polar surface area (TPSA) is 113 Å². The van der Waals surface area contributed by atoms with Gasteiger partial charge in [-0.25, -0.2) is 0 Å². The first-order chi connectivity index (χ1) is 14.9. The van der Waals surface area contributed by atoms with E-state index in [-0.39, 0.29) is 18.6 Å². The number of nitrogens with zero attached hydrogens (tertiary/aromatic N) is 2. The lowest BCUT2D eigenvalue weighted by molar-refractivity contribution is -0.394. The smallest absolute Gasteiger partial charge is 0.306 e. The van der Waals surface area contributed by atoms with Gasteiger partial charge in [0.15, 0.2) is 0 Å². The van der Waals surface area contributed by atoms with Gasteiger partial charge in [0, 0.05) is 24.1 Å². The van der Waals surface area contributed by atoms with E-state index in [1.165, 1.54) is 76.3 Å². The monoisotopic (exact) mass is 436 g/mol. The number of esters is 1. The van der Waals surface area contributed by atoms with Crippen LogP contribution in [0.3, 0.4) is 0 Å². The van der Waals surface area contributed by atoms with Crippen LogP contribution in [-0.2, 0) is 16.1 Å². The van der Waals surface area contributed by atoms with E-state index in [0.29, 0.717) is 0 Å². The molecule has 0 aliphatic heterocycles. The van der Waals surface area contributed by atoms with Crippen LogP contribution in [-0.4, -0.2) is 15.8 Å². The van der Waals surface area contributed by atoms with Gasteiger partial charge in [0.1, 0.15) is 6.61 Å². The van der Waals surface area contributed by atoms with Crippen LogP contribution in [0.5, 0.6) is 0 Å². The van der Waals surface area contributed by atoms with Gasteiger partial charge in [0.2, 0.25) is 0 Å². The van der Waals surface area contributed by atoms with Crippen LogP contribution in [0.15, 0.2) is 18.2 Å². The summed E-state index contributed by atoms with van der Waals surface area (Å²) in [4.78, 5) is 32.2. The number of unbranched alkanes of at least 4 members (excludes halogenated alkanes) is 12. The second-order valence-corrected chi connectivity index (χ2v) is 8.03. The van der Waals surface area contributed by atoms with E-state index in [0.717, 1.165) is 25.3 Å². The Kier molecular flexibility index (Phi) is 13.9. The van der Waals surface area contributed by atoms with Gasteiger partial charge in [-0.15, -0.1) is 0 Å². The number of rotatable bonds is 18. The third kappa shape index (κ3) is 12.7. The van der Waals surface area contributed by atoms with Crippen LogP contribution in [0.1, 0.15) is 102 Å². The van der Waals surface area contributed by atoms with Crippen molar-refractivity contribution >= 4 is 17.3 Å². The lowest BCUT2D eigenvalue weighted by Crippen LogP contribution is -2.05. The van der Waals surface area contributed by atoms with Crippen molar-refractivity contribution in [2.45, 2.75) is 103 Å². The number of hydrogen-bond acceptors (Lipinski definition) is 6. The highest BCUT2D eigenvalue weighted by Gasteiger charge is 2.17. The molecule has 0 atom stereocenters. The molecule has 0 saturated heterocycles. The number of ether oxygens (including phenoxy) is 1. The second-order valence-electron chi connectivity index (χ2n) is 8.03. The van der Waals surface area contributed by atoms with E-state index in [4.69, 9.17) is 4.74 Å². The SMILES string of the molecule is CCCCCCCCCCCCCCCC(=O)OCc1cc([N+](=O)[O-])cc([N+](=O)[O-])c1. The molecule has 0 aromatic heterocycles. The number of hydrogen-bond donors (Lipinski definition) is 0. The summed E-state index contributed by atoms with van der Waals surface area (Å²) in [6.45, 7) is 2.03. The summed E-state index contributed by atoms with van der Waals surface area (Å²) in [7, 11) is 0. The molecule has 8 heteroatoms. The molecule has 0 spiro atoms. The van der Waals surface area contributed by atoms with E-state index >= 15 is 0 Å². The van der Waals surface area contributed by atoms with Crippen molar-refractivity contribution in [3.63, 3.8) is 0 Å². The van der Waals surface area contributed by atoms with Crippen molar-refractivity contribution in [1.29, 1.82) is 0 Å². The van der Waals surface area contributed by atoms with E-state index in [2.05, 4.69) is 6.92 Å². The summed E-state index contributed by atoms with van der Waals surface area (Å²) >= 11 is 0. The highest BCUT2D eigenvalue weighted by molar-refractivity contribution is 5.69. The lowest BCUT2D eigenvalue weighted by Gasteiger charge is -2.06. The molecule has 0 bridgehead atoms. The zero-order valence-electron chi connectivity index (χ0n) is 18.7. The van der Waals surface area contributed by atoms with Crippen LogP contribution in [0.2, 0.25) is 0 Å². The first-order valence-electron chi connectivity index (χ1n) is 11.5. The van der Waals surface area contributed by atoms with Crippen LogP contribution in [0.25, 0.3) is 0 Å². The van der Waals surface area contributed by atoms with Gasteiger partial charge in [0.05, 0.1) is 15.9 Å². The molecule has 0 unspecified atom stereocenters. The number of nitro groups is 2. The Morgan fingerprint density at radius 1 is 0.742 bits per heavy atom. The third-order valence-electron chi connectivity index (χ3n) is 5.27. The molecule has 0 saturated carbocycles. The van der Waals surface area contributed by atoms with Crippen LogP contribution >= 0.6 is 0 Å². The number of carbonyl (C=O) groups is 1. The Morgan fingerprint density at radius 2 is 1.16 bits per heavy atom. The summed E-state index contributed by atoms with van der Waals surface area (Å²) < 4.78 is 5.12. The molecule has 0 aliphatic rings. The molecule has 0 heterocycles. The summed E-state index contributed by atoms with van der Waals surface area (Å²) in [5.74, 6) is -0.391. The van der Waals surface area contributed by atoms with Crippen LogP contribution in [0.4, 0.5) is 11.4 Å². The standard InChI is InChI=1S/C23H36N2O6/c1-2-3-4-5-6-7-8-9-10-11-12-13-14-15-23(26)31-19-20-16-21(24(27)28)18-22(17-20)25(29)30/h16-18H,2-15,19H2,1H3. The zero-order chi connectivity index (χ0) is 22.9. The molecule has 8 nitrogen and oxygen atoms in total. The van der Waals surface area contributed by atoms with E-state index < -0.39 is 27.2 Å². The van der Waals surface area contributed by atoms with Gasteiger partial charge in [0.25, 0.3) is 11.4 Å². The number of benzene rings is 1. The van der Waals surface area contributed by atoms with Gasteiger partial charge in [-0.05, 0) is 6.42 Å². The highest BCUT2D eigenvalue weighted by Crippen LogP contribution is 2.23. The second kappa shape index (κ2) is 16.2. The molecule has 0 radical (unpaired) electrons. The predicted octanol–water partition coefficient (Wildman–Crippen LogP) is 7.03. The predicted molar refractivity (Wildman–Crippen MR) is 120 cm³/mol. The Hall–Kier alpha value is -2.51. The van der Waals surface area contributed by atoms with Gasteiger partial charge >= 0.3 is 5.97 Å². The first kappa shape index (κ1) is 26.5. The lowest BCUT2D eigenvalue weighted by atomic mass is 10.0. The first-order valence-corrected chi connectivity index (χ1v) is 11.5. The largest absolute Gasteiger partial charge is 0.461 e. The van der Waals surface area contributed by atoms with Gasteiger partial charge in [-0.3, -0.25) is 25.0 Å². The van der Waals surface area contributed by atoms with Crippen molar-refractivity contribution in [3.8, 4) is 0 Å². The fourth-order valence-corrected chi connectivity index (χ4v) is 3.47. The zero-order valence-corrected chi connectivity index (χ0v) is 18.7. The Balaban J connectivity index is 2.10. The Bertz CT molecular complexity index is 660. The third-order valence-corrected chi connectivity index (χ3v) is 5.27. The highest BCUT2D eigenvalue weighted by atomic mass is 16.6. The molecular weight excluding hydrogens is 400 g/mol. The van der Waals surface area contributed by atoms with Crippen molar-refractivity contribution in [2.24, 2.45) is 0 Å². The number of nitro benzene ring substituents is 2. The Morgan fingerprint density at radius 3 is 1.58 bits per heavy atom. The van der Waals surface area contributed by atoms with Crippen molar-refractivity contribution in [1.82, 2.24) is 0 Å². The van der Waals surface area contributed by atoms with Crippen LogP contribution < -0.4 is 0 Å². The number of carbonyl (C=O) groups excluding carboxylic acids is 1. The molecule has 0 amide bonds. The van der Waals surface area contributed by atoms with E-state index in [9.17, 15) is 25.0 Å². The van der Waals surface area contributed by atoms with Crippen molar-refractivity contribution in [3.05, 3.63) is 44.0 Å². The maximum Gasteiger partial charge on any atom is 0.306 e. The summed E-state index contributed by atoms with van der Waals surface area (Å²) in [6, 6.07) is 3.26. The van der Waals surface area contributed by atoms with E-state index in [1.807, 2.05) is 0 Å². The molecule has 0 aliphatic carbocycles. The molecule has 0 N–H and O–H groups in total. The summed E-state index contributed by atoms with van der Waals surface area (Å²) in [5, 5.41) is 21.8. The molecule has 1 aromatic carbocycles. The minimum absolute atomic E-state index is 0.209. The molecule has 1 aromatic rings. The molecular formula is C23H36N2O6. The quantitative estimate of drug-likeness (QED) is 0.106.